The number of fused-ring (bicyclic) bond motifs is 5. The van der Waals surface area contributed by atoms with Crippen LogP contribution in [0.3, 0.4) is 0 Å². The minimum absolute atomic E-state index is 0.361. The number of rotatable bonds is 1. The normalized spacial score (nSPS) is 47.0. The van der Waals surface area contributed by atoms with Gasteiger partial charge in [-0.25, -0.2) is 0 Å². The van der Waals surface area contributed by atoms with Gasteiger partial charge in [0.2, 0.25) is 0 Å². The van der Waals surface area contributed by atoms with E-state index in [1.54, 1.807) is 0 Å². The summed E-state index contributed by atoms with van der Waals surface area (Å²) in [6.45, 7) is 2.48. The van der Waals surface area contributed by atoms with Crippen LogP contribution in [0, 0.1) is 46.3 Å². The Labute approximate surface area is 134 Å². The van der Waals surface area contributed by atoms with Gasteiger partial charge >= 0.3 is 0 Å². The fourth-order valence-corrected chi connectivity index (χ4v) is 6.74. The van der Waals surface area contributed by atoms with Crippen molar-refractivity contribution in [2.45, 2.75) is 64.7 Å². The number of ketones is 1. The molecule has 0 bridgehead atoms. The summed E-state index contributed by atoms with van der Waals surface area (Å²) in [6, 6.07) is 2.44. The lowest BCUT2D eigenvalue weighted by molar-refractivity contribution is -0.116. The van der Waals surface area contributed by atoms with Crippen LogP contribution < -0.4 is 0 Å². The highest BCUT2D eigenvalue weighted by atomic mass is 16.1. The molecule has 3 saturated carbocycles. The lowest BCUT2D eigenvalue weighted by Crippen LogP contribution is -2.46. The number of nitrogens with zero attached hydrogens (tertiary/aromatic N) is 1. The highest BCUT2D eigenvalue weighted by Gasteiger charge is 2.55. The van der Waals surface area contributed by atoms with Crippen molar-refractivity contribution in [2.24, 2.45) is 35.0 Å². The maximum atomic E-state index is 11.7. The third-order valence-corrected chi connectivity index (χ3v) is 7.83. The molecule has 0 saturated heterocycles. The van der Waals surface area contributed by atoms with Gasteiger partial charge in [-0.15, -0.1) is 0 Å². The summed E-state index contributed by atoms with van der Waals surface area (Å²) in [6.07, 6.45) is 12.3. The molecule has 0 aliphatic heterocycles. The van der Waals surface area contributed by atoms with Crippen LogP contribution in [0.25, 0.3) is 0 Å². The van der Waals surface area contributed by atoms with Gasteiger partial charge in [0.1, 0.15) is 0 Å². The van der Waals surface area contributed by atoms with Gasteiger partial charge in [0.15, 0.2) is 5.78 Å². The molecule has 0 aromatic carbocycles. The molecule has 0 N–H and O–H groups in total. The van der Waals surface area contributed by atoms with Gasteiger partial charge in [0, 0.05) is 12.8 Å². The molecule has 0 radical (unpaired) electrons. The number of nitriles is 1. The zero-order valence-corrected chi connectivity index (χ0v) is 13.7. The summed E-state index contributed by atoms with van der Waals surface area (Å²) in [5, 5.41) is 9.15. The lowest BCUT2D eigenvalue weighted by Gasteiger charge is -2.54. The van der Waals surface area contributed by atoms with Crippen molar-refractivity contribution in [1.82, 2.24) is 0 Å². The van der Waals surface area contributed by atoms with Gasteiger partial charge in [-0.2, -0.15) is 5.26 Å². The summed E-state index contributed by atoms with van der Waals surface area (Å²) < 4.78 is 0. The quantitative estimate of drug-likeness (QED) is 0.706. The third-order valence-electron chi connectivity index (χ3n) is 7.83. The molecule has 4 aliphatic carbocycles. The topological polar surface area (TPSA) is 40.9 Å². The first-order valence-corrected chi connectivity index (χ1v) is 9.23. The molecule has 4 rings (SSSR count). The van der Waals surface area contributed by atoms with Crippen LogP contribution in [-0.2, 0) is 4.79 Å². The molecule has 22 heavy (non-hydrogen) atoms. The summed E-state index contributed by atoms with van der Waals surface area (Å²) in [7, 11) is 0. The van der Waals surface area contributed by atoms with Crippen LogP contribution in [0.2, 0.25) is 0 Å². The van der Waals surface area contributed by atoms with E-state index in [1.807, 2.05) is 6.08 Å². The van der Waals surface area contributed by atoms with Crippen molar-refractivity contribution in [3.63, 3.8) is 0 Å². The standard InChI is InChI=1S/C20H27NO/c1-20-10-8-17-16-6-4-15(22)12-13(16)2-5-18(17)19(20)7-3-14(20)9-11-21/h12,14,16-19H,2-10H2,1H3/t14-,16+,17-,18-,19+,20-/m1/s1. The third kappa shape index (κ3) is 2.01. The monoisotopic (exact) mass is 297 g/mol. The van der Waals surface area contributed by atoms with E-state index in [1.165, 1.54) is 37.7 Å². The zero-order chi connectivity index (χ0) is 15.3. The summed E-state index contributed by atoms with van der Waals surface area (Å²) in [5.74, 6) is 4.22. The van der Waals surface area contributed by atoms with Gasteiger partial charge in [0.25, 0.3) is 0 Å². The van der Waals surface area contributed by atoms with Crippen LogP contribution in [0.15, 0.2) is 11.6 Å². The van der Waals surface area contributed by atoms with Crippen LogP contribution in [0.5, 0.6) is 0 Å². The lowest BCUT2D eigenvalue weighted by atomic mass is 9.51. The zero-order valence-electron chi connectivity index (χ0n) is 13.7. The Morgan fingerprint density at radius 3 is 2.86 bits per heavy atom. The van der Waals surface area contributed by atoms with Crippen molar-refractivity contribution >= 4 is 5.78 Å². The second-order valence-corrected chi connectivity index (χ2v) is 8.48. The van der Waals surface area contributed by atoms with Crippen LogP contribution in [-0.4, -0.2) is 5.78 Å². The van der Waals surface area contributed by atoms with Gasteiger partial charge in [-0.1, -0.05) is 12.5 Å². The van der Waals surface area contributed by atoms with E-state index in [4.69, 9.17) is 5.26 Å². The first-order chi connectivity index (χ1) is 10.6. The van der Waals surface area contributed by atoms with Crippen LogP contribution >= 0.6 is 0 Å². The molecule has 0 heterocycles. The van der Waals surface area contributed by atoms with E-state index < -0.39 is 0 Å². The average Bonchev–Trinajstić information content (AvgIpc) is 2.84. The van der Waals surface area contributed by atoms with E-state index >= 15 is 0 Å². The number of hydrogen-bond acceptors (Lipinski definition) is 2. The molecular formula is C20H27NO. The van der Waals surface area contributed by atoms with Crippen LogP contribution in [0.1, 0.15) is 64.7 Å². The van der Waals surface area contributed by atoms with Gasteiger partial charge in [0.05, 0.1) is 6.07 Å². The Bertz CT molecular complexity index is 557. The van der Waals surface area contributed by atoms with E-state index in [0.29, 0.717) is 23.0 Å². The van der Waals surface area contributed by atoms with Gasteiger partial charge in [-0.05, 0) is 86.0 Å². The van der Waals surface area contributed by atoms with Gasteiger partial charge < -0.3 is 0 Å². The molecular weight excluding hydrogens is 270 g/mol. The van der Waals surface area contributed by atoms with E-state index in [0.717, 1.165) is 43.4 Å². The molecule has 0 aromatic heterocycles. The Kier molecular flexibility index (Phi) is 3.44. The highest BCUT2D eigenvalue weighted by molar-refractivity contribution is 5.91. The smallest absolute Gasteiger partial charge is 0.155 e. The highest BCUT2D eigenvalue weighted by Crippen LogP contribution is 2.64. The fraction of sp³-hybridized carbons (Fsp3) is 0.800. The molecule has 2 heteroatoms. The van der Waals surface area contributed by atoms with E-state index in [2.05, 4.69) is 13.0 Å². The maximum absolute atomic E-state index is 11.7. The molecule has 0 spiro atoms. The SMILES string of the molecule is C[C@]12CC[C@H]3[C@@H](CCC4=CC(=O)CC[C@@H]43)[C@@H]1CC[C@@H]2CC#N. The summed E-state index contributed by atoms with van der Waals surface area (Å²) in [5.41, 5.74) is 1.90. The average molecular weight is 297 g/mol. The molecule has 0 unspecified atom stereocenters. The predicted octanol–water partition coefficient (Wildman–Crippen LogP) is 4.66. The Morgan fingerprint density at radius 2 is 2.05 bits per heavy atom. The van der Waals surface area contributed by atoms with Crippen molar-refractivity contribution < 1.29 is 4.79 Å². The Hall–Kier alpha value is -1.10. The van der Waals surface area contributed by atoms with Crippen molar-refractivity contribution in [3.05, 3.63) is 11.6 Å². The molecule has 0 amide bonds. The maximum Gasteiger partial charge on any atom is 0.155 e. The molecule has 6 atom stereocenters. The summed E-state index contributed by atoms with van der Waals surface area (Å²) in [4.78, 5) is 11.7. The van der Waals surface area contributed by atoms with E-state index in [9.17, 15) is 4.79 Å². The second kappa shape index (κ2) is 5.22. The molecule has 0 aromatic rings. The van der Waals surface area contributed by atoms with Crippen molar-refractivity contribution in [2.75, 3.05) is 0 Å². The first-order valence-electron chi connectivity index (χ1n) is 9.23. The number of carbonyl (C=O) groups is 1. The number of hydrogen-bond donors (Lipinski definition) is 0. The van der Waals surface area contributed by atoms with Crippen molar-refractivity contribution in [3.8, 4) is 6.07 Å². The molecule has 4 aliphatic rings. The van der Waals surface area contributed by atoms with Crippen LogP contribution in [0.4, 0.5) is 0 Å². The predicted molar refractivity (Wildman–Crippen MR) is 85.8 cm³/mol. The van der Waals surface area contributed by atoms with Gasteiger partial charge in [-0.3, -0.25) is 4.79 Å². The Morgan fingerprint density at radius 1 is 1.18 bits per heavy atom. The molecule has 118 valence electrons. The fourth-order valence-electron chi connectivity index (χ4n) is 6.74. The minimum atomic E-state index is 0.361. The Balaban J connectivity index is 1.59. The minimum Gasteiger partial charge on any atom is -0.295 e. The molecule has 2 nitrogen and oxygen atoms in total. The molecule has 3 fully saturated rings. The summed E-state index contributed by atoms with van der Waals surface area (Å²) >= 11 is 0. The largest absolute Gasteiger partial charge is 0.295 e. The van der Waals surface area contributed by atoms with E-state index in [-0.39, 0.29) is 0 Å². The second-order valence-electron chi connectivity index (χ2n) is 8.48. The van der Waals surface area contributed by atoms with Crippen molar-refractivity contribution in [1.29, 1.82) is 5.26 Å². The number of carbonyl (C=O) groups excluding carboxylic acids is 1. The number of allylic oxidation sites excluding steroid dienone is 1. The first kappa shape index (κ1) is 14.5.